The summed E-state index contributed by atoms with van der Waals surface area (Å²) in [4.78, 5) is 24.0. The lowest BCUT2D eigenvalue weighted by Crippen LogP contribution is -2.50. The van der Waals surface area contributed by atoms with E-state index in [0.29, 0.717) is 6.54 Å². The summed E-state index contributed by atoms with van der Waals surface area (Å²) in [6, 6.07) is -1.60. The van der Waals surface area contributed by atoms with Gasteiger partial charge in [0.25, 0.3) is 5.91 Å². The molecule has 1 aliphatic carbocycles. The second-order valence-electron chi connectivity index (χ2n) is 6.40. The van der Waals surface area contributed by atoms with Crippen LogP contribution in [0.5, 0.6) is 0 Å². The summed E-state index contributed by atoms with van der Waals surface area (Å²) in [5.74, 6) is -13.9. The van der Waals surface area contributed by atoms with Crippen LogP contribution in [0.15, 0.2) is 0 Å². The van der Waals surface area contributed by atoms with E-state index in [-0.39, 0.29) is 5.92 Å². The Kier molecular flexibility index (Phi) is 7.11. The maximum absolute atomic E-state index is 13.7. The zero-order chi connectivity index (χ0) is 20.1. The first-order chi connectivity index (χ1) is 12.8. The molecule has 10 heteroatoms. The van der Waals surface area contributed by atoms with Gasteiger partial charge >= 0.3 is 0 Å². The molecule has 150 valence electrons. The van der Waals surface area contributed by atoms with Gasteiger partial charge in [0, 0.05) is 6.54 Å². The highest BCUT2D eigenvalue weighted by Crippen LogP contribution is 2.24. The molecule has 1 aliphatic rings. The van der Waals surface area contributed by atoms with Crippen molar-refractivity contribution in [2.75, 3.05) is 13.2 Å². The molecule has 0 aromatic heterocycles. The Balaban J connectivity index is 2.07. The highest BCUT2D eigenvalue weighted by atomic mass is 19.2. The van der Waals surface area contributed by atoms with Crippen molar-refractivity contribution in [2.45, 2.75) is 38.1 Å². The van der Waals surface area contributed by atoms with Crippen LogP contribution in [-0.4, -0.2) is 36.1 Å². The molecule has 0 aliphatic heterocycles. The van der Waals surface area contributed by atoms with E-state index in [4.69, 9.17) is 0 Å². The van der Waals surface area contributed by atoms with E-state index in [0.717, 1.165) is 32.1 Å². The zero-order valence-corrected chi connectivity index (χ0v) is 14.3. The third kappa shape index (κ3) is 4.74. The van der Waals surface area contributed by atoms with E-state index in [1.165, 1.54) is 0 Å². The summed E-state index contributed by atoms with van der Waals surface area (Å²) >= 11 is 0. The maximum Gasteiger partial charge on any atom is 0.258 e. The molecule has 1 atom stereocenters. The first-order valence-electron chi connectivity index (χ1n) is 8.48. The number of carbonyl (C=O) groups excluding carboxylic acids is 2. The van der Waals surface area contributed by atoms with Crippen molar-refractivity contribution in [3.63, 3.8) is 0 Å². The highest BCUT2D eigenvalue weighted by molar-refractivity contribution is 5.98. The topological polar surface area (TPSA) is 78.4 Å². The number of amides is 2. The molecule has 0 heterocycles. The van der Waals surface area contributed by atoms with Crippen LogP contribution in [-0.2, 0) is 4.79 Å². The number of nitrogens with one attached hydrogen (secondary N) is 2. The van der Waals surface area contributed by atoms with E-state index in [1.54, 1.807) is 5.32 Å². The van der Waals surface area contributed by atoms with Gasteiger partial charge in [0.2, 0.25) is 11.7 Å². The van der Waals surface area contributed by atoms with Gasteiger partial charge in [-0.15, -0.1) is 0 Å². The van der Waals surface area contributed by atoms with E-state index >= 15 is 0 Å². The van der Waals surface area contributed by atoms with Crippen LogP contribution in [0.3, 0.4) is 0 Å². The van der Waals surface area contributed by atoms with Crippen LogP contribution in [0.1, 0.15) is 42.5 Å². The largest absolute Gasteiger partial charge is 0.394 e. The normalized spacial score (nSPS) is 16.1. The SMILES string of the molecule is O=C(N[C@@H](CO)C(=O)NCC1CCCCC1)c1c(F)c(F)c(F)c(F)c1F. The Morgan fingerprint density at radius 2 is 1.44 bits per heavy atom. The number of carbonyl (C=O) groups is 2. The first-order valence-corrected chi connectivity index (χ1v) is 8.48. The Bertz CT molecular complexity index is 694. The van der Waals surface area contributed by atoms with Gasteiger partial charge in [-0.3, -0.25) is 9.59 Å². The minimum atomic E-state index is -2.40. The fourth-order valence-electron chi connectivity index (χ4n) is 2.99. The molecule has 1 aromatic rings. The Morgan fingerprint density at radius 1 is 0.926 bits per heavy atom. The Morgan fingerprint density at radius 3 is 1.96 bits per heavy atom. The van der Waals surface area contributed by atoms with Gasteiger partial charge in [-0.1, -0.05) is 19.3 Å². The summed E-state index contributed by atoms with van der Waals surface area (Å²) in [6.45, 7) is -0.620. The van der Waals surface area contributed by atoms with Gasteiger partial charge in [-0.2, -0.15) is 0 Å². The molecule has 1 saturated carbocycles. The molecule has 3 N–H and O–H groups in total. The van der Waals surface area contributed by atoms with Crippen molar-refractivity contribution >= 4 is 11.8 Å². The van der Waals surface area contributed by atoms with Gasteiger partial charge < -0.3 is 15.7 Å². The zero-order valence-electron chi connectivity index (χ0n) is 14.3. The molecule has 5 nitrogen and oxygen atoms in total. The average Bonchev–Trinajstić information content (AvgIpc) is 2.68. The Hall–Kier alpha value is -2.23. The molecule has 0 bridgehead atoms. The van der Waals surface area contributed by atoms with Gasteiger partial charge in [0.1, 0.15) is 11.6 Å². The van der Waals surface area contributed by atoms with Crippen LogP contribution in [0.4, 0.5) is 22.0 Å². The second-order valence-corrected chi connectivity index (χ2v) is 6.40. The van der Waals surface area contributed by atoms with Crippen LogP contribution in [0.25, 0.3) is 0 Å². The number of hydrogen-bond acceptors (Lipinski definition) is 3. The van der Waals surface area contributed by atoms with Crippen molar-refractivity contribution < 1.29 is 36.6 Å². The van der Waals surface area contributed by atoms with Crippen molar-refractivity contribution in [1.82, 2.24) is 10.6 Å². The van der Waals surface area contributed by atoms with Crippen LogP contribution in [0.2, 0.25) is 0 Å². The van der Waals surface area contributed by atoms with Gasteiger partial charge in [-0.05, 0) is 18.8 Å². The number of halogens is 5. The molecule has 1 fully saturated rings. The lowest BCUT2D eigenvalue weighted by molar-refractivity contribution is -0.124. The molecule has 1 aromatic carbocycles. The third-order valence-electron chi connectivity index (χ3n) is 4.53. The molecule has 0 saturated heterocycles. The summed E-state index contributed by atoms with van der Waals surface area (Å²) in [7, 11) is 0. The molecular weight excluding hydrogens is 375 g/mol. The summed E-state index contributed by atoms with van der Waals surface area (Å²) in [6.07, 6.45) is 5.01. The molecule has 2 amide bonds. The maximum atomic E-state index is 13.7. The number of aliphatic hydroxyl groups is 1. The number of aliphatic hydroxyl groups excluding tert-OH is 1. The highest BCUT2D eigenvalue weighted by Gasteiger charge is 2.31. The predicted octanol–water partition coefficient (Wildman–Crippen LogP) is 2.17. The van der Waals surface area contributed by atoms with Crippen LogP contribution in [0, 0.1) is 35.0 Å². The lowest BCUT2D eigenvalue weighted by atomic mass is 9.89. The molecular formula is C17H19F5N2O3. The second kappa shape index (κ2) is 9.12. The van der Waals surface area contributed by atoms with E-state index in [9.17, 15) is 36.6 Å². The van der Waals surface area contributed by atoms with Crippen molar-refractivity contribution in [2.24, 2.45) is 5.92 Å². The smallest absolute Gasteiger partial charge is 0.258 e. The molecule has 0 radical (unpaired) electrons. The molecule has 0 spiro atoms. The Labute approximate surface area is 151 Å². The molecule has 27 heavy (non-hydrogen) atoms. The molecule has 0 unspecified atom stereocenters. The third-order valence-corrected chi connectivity index (χ3v) is 4.53. The standard InChI is InChI=1S/C17H19F5N2O3/c18-11-10(12(19)14(21)15(22)13(11)20)17(27)24-9(7-25)16(26)23-6-8-4-2-1-3-5-8/h8-9,25H,1-7H2,(H,23,26)(H,24,27)/t9-/m0/s1. The van der Waals surface area contributed by atoms with Crippen LogP contribution < -0.4 is 10.6 Å². The minimum absolute atomic E-state index is 0.243. The summed E-state index contributed by atoms with van der Waals surface area (Å²) in [5.41, 5.74) is -1.72. The van der Waals surface area contributed by atoms with E-state index < -0.39 is 59.1 Å². The quantitative estimate of drug-likeness (QED) is 0.393. The summed E-state index contributed by atoms with van der Waals surface area (Å²) < 4.78 is 66.7. The fourth-order valence-corrected chi connectivity index (χ4v) is 2.99. The van der Waals surface area contributed by atoms with E-state index in [2.05, 4.69) is 5.32 Å². The van der Waals surface area contributed by atoms with Crippen molar-refractivity contribution in [3.05, 3.63) is 34.6 Å². The van der Waals surface area contributed by atoms with Crippen LogP contribution >= 0.6 is 0 Å². The van der Waals surface area contributed by atoms with Crippen molar-refractivity contribution in [1.29, 1.82) is 0 Å². The fraction of sp³-hybridized carbons (Fsp3) is 0.529. The lowest BCUT2D eigenvalue weighted by Gasteiger charge is -2.23. The van der Waals surface area contributed by atoms with Crippen molar-refractivity contribution in [3.8, 4) is 0 Å². The minimum Gasteiger partial charge on any atom is -0.394 e. The monoisotopic (exact) mass is 394 g/mol. The number of hydrogen-bond donors (Lipinski definition) is 3. The number of rotatable bonds is 6. The van der Waals surface area contributed by atoms with Gasteiger partial charge in [0.05, 0.1) is 6.61 Å². The number of benzene rings is 1. The van der Waals surface area contributed by atoms with Gasteiger partial charge in [-0.25, -0.2) is 22.0 Å². The summed E-state index contributed by atoms with van der Waals surface area (Å²) in [5, 5.41) is 13.6. The van der Waals surface area contributed by atoms with Gasteiger partial charge in [0.15, 0.2) is 23.3 Å². The average molecular weight is 394 g/mol. The predicted molar refractivity (Wildman–Crippen MR) is 84.2 cm³/mol. The molecule has 2 rings (SSSR count). The van der Waals surface area contributed by atoms with E-state index in [1.807, 2.05) is 0 Å². The first kappa shape index (κ1) is 21.1.